The SMILES string of the molecule is N#Cc1nc2c3ccccc3c3ccc4c(c5ccccc5n4-c4ccccc4)c3c2nc1C#N. The summed E-state index contributed by atoms with van der Waals surface area (Å²) >= 11 is 0. The molecule has 0 saturated heterocycles. The molecule has 35 heavy (non-hydrogen) atoms. The summed E-state index contributed by atoms with van der Waals surface area (Å²) in [6, 6.07) is 35.0. The molecule has 0 atom stereocenters. The van der Waals surface area contributed by atoms with Gasteiger partial charge in [0.05, 0.1) is 22.1 Å². The third-order valence-corrected chi connectivity index (χ3v) is 6.67. The van der Waals surface area contributed by atoms with Crippen LogP contribution in [0.5, 0.6) is 0 Å². The Morgan fingerprint density at radius 1 is 0.514 bits per heavy atom. The minimum absolute atomic E-state index is 0.0420. The Balaban J connectivity index is 1.83. The van der Waals surface area contributed by atoms with Crippen LogP contribution < -0.4 is 0 Å². The smallest absolute Gasteiger partial charge is 0.177 e. The molecule has 5 aromatic carbocycles. The van der Waals surface area contributed by atoms with Gasteiger partial charge in [0.15, 0.2) is 11.4 Å². The third-order valence-electron chi connectivity index (χ3n) is 6.67. The number of rotatable bonds is 1. The van der Waals surface area contributed by atoms with Crippen molar-refractivity contribution in [1.29, 1.82) is 10.5 Å². The molecular weight excluding hydrogens is 430 g/mol. The van der Waals surface area contributed by atoms with Crippen LogP contribution in [0.4, 0.5) is 0 Å². The summed E-state index contributed by atoms with van der Waals surface area (Å²) in [5.74, 6) is 0. The Morgan fingerprint density at radius 2 is 1.14 bits per heavy atom. The summed E-state index contributed by atoms with van der Waals surface area (Å²) in [5, 5.41) is 25.4. The number of benzene rings is 5. The van der Waals surface area contributed by atoms with Gasteiger partial charge in [0.25, 0.3) is 0 Å². The van der Waals surface area contributed by atoms with Crippen molar-refractivity contribution >= 4 is 54.4 Å². The highest BCUT2D eigenvalue weighted by Gasteiger charge is 2.20. The van der Waals surface area contributed by atoms with E-state index in [1.165, 1.54) is 0 Å². The van der Waals surface area contributed by atoms with Crippen molar-refractivity contribution in [3.05, 3.63) is 102 Å². The molecule has 0 aliphatic carbocycles. The Hall–Kier alpha value is -5.26. The van der Waals surface area contributed by atoms with Crippen LogP contribution in [0, 0.1) is 22.7 Å². The minimum atomic E-state index is 0.0420. The van der Waals surface area contributed by atoms with Crippen LogP contribution in [0.15, 0.2) is 91.0 Å². The second-order valence-corrected chi connectivity index (χ2v) is 8.46. The van der Waals surface area contributed by atoms with Crippen LogP contribution >= 0.6 is 0 Å². The van der Waals surface area contributed by atoms with Crippen molar-refractivity contribution in [3.8, 4) is 17.8 Å². The number of fused-ring (bicyclic) bond motifs is 10. The molecule has 0 N–H and O–H groups in total. The van der Waals surface area contributed by atoms with Gasteiger partial charge in [-0.25, -0.2) is 9.97 Å². The molecule has 0 unspecified atom stereocenters. The fourth-order valence-corrected chi connectivity index (χ4v) is 5.26. The fourth-order valence-electron chi connectivity index (χ4n) is 5.26. The Bertz CT molecular complexity index is 2070. The van der Waals surface area contributed by atoms with Crippen molar-refractivity contribution in [2.75, 3.05) is 0 Å². The molecule has 0 aliphatic rings. The lowest BCUT2D eigenvalue weighted by atomic mass is 9.96. The minimum Gasteiger partial charge on any atom is -0.309 e. The van der Waals surface area contributed by atoms with Crippen LogP contribution in [-0.4, -0.2) is 14.5 Å². The maximum absolute atomic E-state index is 9.72. The van der Waals surface area contributed by atoms with Gasteiger partial charge in [-0.15, -0.1) is 0 Å². The van der Waals surface area contributed by atoms with Crippen molar-refractivity contribution < 1.29 is 0 Å². The van der Waals surface area contributed by atoms with Gasteiger partial charge < -0.3 is 4.57 Å². The topological polar surface area (TPSA) is 78.3 Å². The molecule has 5 nitrogen and oxygen atoms in total. The van der Waals surface area contributed by atoms with E-state index in [1.807, 2.05) is 54.6 Å². The molecule has 7 aromatic rings. The van der Waals surface area contributed by atoms with Gasteiger partial charge in [-0.05, 0) is 35.0 Å². The zero-order valence-corrected chi connectivity index (χ0v) is 18.4. The Labute approximate surface area is 199 Å². The van der Waals surface area contributed by atoms with Crippen LogP contribution in [-0.2, 0) is 0 Å². The first-order chi connectivity index (χ1) is 17.3. The number of para-hydroxylation sites is 2. The first-order valence-corrected chi connectivity index (χ1v) is 11.2. The van der Waals surface area contributed by atoms with Gasteiger partial charge in [0, 0.05) is 27.2 Å². The molecule has 0 fully saturated rings. The lowest BCUT2D eigenvalue weighted by Gasteiger charge is -2.12. The van der Waals surface area contributed by atoms with Crippen LogP contribution in [0.2, 0.25) is 0 Å². The fraction of sp³-hybridized carbons (Fsp3) is 0. The number of nitriles is 2. The normalized spacial score (nSPS) is 11.4. The monoisotopic (exact) mass is 445 g/mol. The first kappa shape index (κ1) is 19.2. The highest BCUT2D eigenvalue weighted by atomic mass is 15.0. The summed E-state index contributed by atoms with van der Waals surface area (Å²) < 4.78 is 2.26. The van der Waals surface area contributed by atoms with E-state index in [9.17, 15) is 10.5 Å². The predicted molar refractivity (Wildman–Crippen MR) is 138 cm³/mol. The van der Waals surface area contributed by atoms with Gasteiger partial charge in [-0.3, -0.25) is 0 Å². The van der Waals surface area contributed by atoms with Gasteiger partial charge in [0.1, 0.15) is 12.1 Å². The molecule has 0 radical (unpaired) electrons. The van der Waals surface area contributed by atoms with E-state index in [0.717, 1.165) is 49.0 Å². The molecule has 2 aromatic heterocycles. The maximum Gasteiger partial charge on any atom is 0.177 e. The molecular formula is C30H15N5. The second-order valence-electron chi connectivity index (χ2n) is 8.46. The summed E-state index contributed by atoms with van der Waals surface area (Å²) in [6.07, 6.45) is 0. The summed E-state index contributed by atoms with van der Waals surface area (Å²) in [5.41, 5.74) is 4.56. The second kappa shape index (κ2) is 7.12. The third kappa shape index (κ3) is 2.55. The number of hydrogen-bond donors (Lipinski definition) is 0. The predicted octanol–water partition coefficient (Wildman–Crippen LogP) is 6.78. The highest BCUT2D eigenvalue weighted by molar-refractivity contribution is 6.34. The van der Waals surface area contributed by atoms with E-state index in [0.29, 0.717) is 11.0 Å². The average Bonchev–Trinajstić information content (AvgIpc) is 3.27. The molecule has 0 aliphatic heterocycles. The van der Waals surface area contributed by atoms with Crippen molar-refractivity contribution in [3.63, 3.8) is 0 Å². The van der Waals surface area contributed by atoms with E-state index in [1.54, 1.807) is 0 Å². The van der Waals surface area contributed by atoms with Gasteiger partial charge in [-0.1, -0.05) is 66.7 Å². The highest BCUT2D eigenvalue weighted by Crippen LogP contribution is 2.42. The number of aromatic nitrogens is 3. The molecule has 160 valence electrons. The zero-order valence-electron chi connectivity index (χ0n) is 18.4. The zero-order chi connectivity index (χ0) is 23.5. The van der Waals surface area contributed by atoms with Crippen molar-refractivity contribution in [2.24, 2.45) is 0 Å². The largest absolute Gasteiger partial charge is 0.309 e. The lowest BCUT2D eigenvalue weighted by molar-refractivity contribution is 1.18. The number of hydrogen-bond acceptors (Lipinski definition) is 4. The molecule has 5 heteroatoms. The summed E-state index contributed by atoms with van der Waals surface area (Å²) in [6.45, 7) is 0. The van der Waals surface area contributed by atoms with E-state index in [-0.39, 0.29) is 11.4 Å². The molecule has 0 spiro atoms. The summed E-state index contributed by atoms with van der Waals surface area (Å²) in [4.78, 5) is 9.37. The van der Waals surface area contributed by atoms with Gasteiger partial charge >= 0.3 is 0 Å². The molecule has 7 rings (SSSR count). The van der Waals surface area contributed by atoms with E-state index in [2.05, 4.69) is 58.1 Å². The van der Waals surface area contributed by atoms with Crippen molar-refractivity contribution in [2.45, 2.75) is 0 Å². The first-order valence-electron chi connectivity index (χ1n) is 11.2. The Kier molecular flexibility index (Phi) is 3.91. The maximum atomic E-state index is 9.72. The average molecular weight is 445 g/mol. The lowest BCUT2D eigenvalue weighted by Crippen LogP contribution is -1.98. The van der Waals surface area contributed by atoms with Gasteiger partial charge in [0.2, 0.25) is 0 Å². The molecule has 0 amide bonds. The van der Waals surface area contributed by atoms with Crippen LogP contribution in [0.1, 0.15) is 11.4 Å². The van der Waals surface area contributed by atoms with Gasteiger partial charge in [-0.2, -0.15) is 10.5 Å². The molecule has 2 heterocycles. The molecule has 0 bridgehead atoms. The van der Waals surface area contributed by atoms with Crippen LogP contribution in [0.3, 0.4) is 0 Å². The molecule has 0 saturated carbocycles. The van der Waals surface area contributed by atoms with Crippen LogP contribution in [0.25, 0.3) is 60.1 Å². The number of nitrogens with zero attached hydrogens (tertiary/aromatic N) is 5. The Morgan fingerprint density at radius 3 is 1.89 bits per heavy atom. The van der Waals surface area contributed by atoms with Crippen molar-refractivity contribution in [1.82, 2.24) is 14.5 Å². The standard InChI is InChI=1S/C30H15N5/c31-16-23-24(17-32)34-30-28-20(19-10-4-5-11-21(19)29(30)33-23)14-15-26-27(28)22-12-6-7-13-25(22)35(26)18-8-2-1-3-9-18/h1-15H. The summed E-state index contributed by atoms with van der Waals surface area (Å²) in [7, 11) is 0. The van der Waals surface area contributed by atoms with E-state index >= 15 is 0 Å². The van der Waals surface area contributed by atoms with E-state index < -0.39 is 0 Å². The van der Waals surface area contributed by atoms with E-state index in [4.69, 9.17) is 4.98 Å². The quantitative estimate of drug-likeness (QED) is 0.261.